The number of aromatic amines is 1. The van der Waals surface area contributed by atoms with Crippen LogP contribution in [0.5, 0.6) is 0 Å². The second-order valence-corrected chi connectivity index (χ2v) is 7.79. The Hall–Kier alpha value is -1.86. The molecule has 0 radical (unpaired) electrons. The van der Waals surface area contributed by atoms with Gasteiger partial charge in [-0.15, -0.1) is 0 Å². The summed E-state index contributed by atoms with van der Waals surface area (Å²) in [5, 5.41) is 13.4. The van der Waals surface area contributed by atoms with E-state index in [1.54, 1.807) is 18.5 Å². The van der Waals surface area contributed by atoms with Gasteiger partial charge in [0.2, 0.25) is 5.91 Å². The van der Waals surface area contributed by atoms with Gasteiger partial charge in [0.25, 0.3) is 5.91 Å². The maximum atomic E-state index is 12.5. The molecule has 3 N–H and O–H groups in total. The quantitative estimate of drug-likeness (QED) is 0.754. The van der Waals surface area contributed by atoms with Crippen molar-refractivity contribution in [1.82, 2.24) is 15.2 Å². The summed E-state index contributed by atoms with van der Waals surface area (Å²) in [6.45, 7) is 5.28. The number of hydrogen-bond acceptors (Lipinski definition) is 4. The van der Waals surface area contributed by atoms with Gasteiger partial charge in [0.15, 0.2) is 0 Å². The fourth-order valence-electron chi connectivity index (χ4n) is 4.09. The van der Waals surface area contributed by atoms with Gasteiger partial charge in [-0.3, -0.25) is 9.59 Å². The maximum Gasteiger partial charge on any atom is 0.255 e. The molecule has 2 fully saturated rings. The Morgan fingerprint density at radius 3 is 2.77 bits per heavy atom. The van der Waals surface area contributed by atoms with Crippen molar-refractivity contribution in [3.8, 4) is 0 Å². The molecule has 0 saturated carbocycles. The van der Waals surface area contributed by atoms with Crippen LogP contribution < -0.4 is 5.32 Å². The summed E-state index contributed by atoms with van der Waals surface area (Å²) >= 11 is 0. The Morgan fingerprint density at radius 1 is 1.42 bits per heavy atom. The first-order chi connectivity index (χ1) is 12.4. The molecule has 1 aromatic heterocycles. The van der Waals surface area contributed by atoms with Crippen LogP contribution in [-0.4, -0.2) is 63.7 Å². The van der Waals surface area contributed by atoms with E-state index in [0.29, 0.717) is 44.3 Å². The molecule has 0 unspecified atom stereocenters. The largest absolute Gasteiger partial charge is 0.388 e. The predicted molar refractivity (Wildman–Crippen MR) is 96.7 cm³/mol. The average molecular weight is 363 g/mol. The molecular formula is C19H29N3O4. The second-order valence-electron chi connectivity index (χ2n) is 7.79. The summed E-state index contributed by atoms with van der Waals surface area (Å²) in [6.07, 6.45) is 5.92. The number of aromatic nitrogens is 1. The van der Waals surface area contributed by atoms with Crippen LogP contribution in [0.3, 0.4) is 0 Å². The van der Waals surface area contributed by atoms with Gasteiger partial charge in [-0.25, -0.2) is 0 Å². The van der Waals surface area contributed by atoms with E-state index < -0.39 is 17.2 Å². The van der Waals surface area contributed by atoms with E-state index in [9.17, 15) is 14.7 Å². The number of likely N-dealkylation sites (tertiary alicyclic amines) is 1. The van der Waals surface area contributed by atoms with Gasteiger partial charge in [-0.05, 0) is 32.3 Å². The summed E-state index contributed by atoms with van der Waals surface area (Å²) in [4.78, 5) is 29.3. The van der Waals surface area contributed by atoms with Crippen molar-refractivity contribution in [2.75, 3.05) is 19.7 Å². The number of carbonyl (C=O) groups excluding carboxylic acids is 2. The standard InChI is InChI=1S/C19H29N3O4/c1-3-4-16(24)21-18(2)13-19(26-12-15(18)23)6-9-22(10-7-19)17(25)14-5-8-20-11-14/h5,8,11,15,20,23H,3-4,6-7,9-10,12-13H2,1-2H3,(H,21,24)/t15-,18-/m1/s1. The van der Waals surface area contributed by atoms with Crippen LogP contribution in [0.4, 0.5) is 0 Å². The van der Waals surface area contributed by atoms with Gasteiger partial charge in [0.1, 0.15) is 6.10 Å². The Labute approximate surface area is 154 Å². The lowest BCUT2D eigenvalue weighted by Crippen LogP contribution is -2.65. The first-order valence-electron chi connectivity index (χ1n) is 9.43. The monoisotopic (exact) mass is 363 g/mol. The third-order valence-corrected chi connectivity index (χ3v) is 5.68. The number of ether oxygens (including phenoxy) is 1. The van der Waals surface area contributed by atoms with Crippen LogP contribution in [-0.2, 0) is 9.53 Å². The molecule has 0 aliphatic carbocycles. The van der Waals surface area contributed by atoms with Crippen molar-refractivity contribution in [3.63, 3.8) is 0 Å². The zero-order valence-electron chi connectivity index (χ0n) is 15.6. The number of piperidine rings is 1. The molecule has 0 bridgehead atoms. The van der Waals surface area contributed by atoms with Crippen molar-refractivity contribution in [3.05, 3.63) is 24.0 Å². The lowest BCUT2D eigenvalue weighted by Gasteiger charge is -2.52. The molecule has 7 nitrogen and oxygen atoms in total. The molecule has 2 aliphatic rings. The smallest absolute Gasteiger partial charge is 0.255 e. The third-order valence-electron chi connectivity index (χ3n) is 5.68. The fraction of sp³-hybridized carbons (Fsp3) is 0.684. The molecule has 2 saturated heterocycles. The Balaban J connectivity index is 1.64. The minimum atomic E-state index is -0.728. The second kappa shape index (κ2) is 7.40. The highest BCUT2D eigenvalue weighted by Gasteiger charge is 2.50. The molecule has 3 rings (SSSR count). The topological polar surface area (TPSA) is 94.7 Å². The summed E-state index contributed by atoms with van der Waals surface area (Å²) in [7, 11) is 0. The molecule has 2 aliphatic heterocycles. The molecule has 1 spiro atoms. The number of rotatable bonds is 4. The highest BCUT2D eigenvalue weighted by molar-refractivity contribution is 5.94. The van der Waals surface area contributed by atoms with Crippen molar-refractivity contribution in [2.45, 2.75) is 63.2 Å². The molecule has 3 heterocycles. The van der Waals surface area contributed by atoms with E-state index >= 15 is 0 Å². The highest BCUT2D eigenvalue weighted by atomic mass is 16.5. The summed E-state index contributed by atoms with van der Waals surface area (Å²) in [5.74, 6) is -0.0119. The Kier molecular flexibility index (Phi) is 5.39. The lowest BCUT2D eigenvalue weighted by molar-refractivity contribution is -0.179. The summed E-state index contributed by atoms with van der Waals surface area (Å²) < 4.78 is 6.03. The van der Waals surface area contributed by atoms with Gasteiger partial charge in [-0.2, -0.15) is 0 Å². The zero-order valence-corrected chi connectivity index (χ0v) is 15.6. The van der Waals surface area contributed by atoms with Gasteiger partial charge in [0, 0.05) is 38.3 Å². The predicted octanol–water partition coefficient (Wildman–Crippen LogP) is 1.45. The first kappa shape index (κ1) is 18.9. The third kappa shape index (κ3) is 3.78. The van der Waals surface area contributed by atoms with E-state index in [2.05, 4.69) is 10.3 Å². The number of amides is 2. The molecule has 144 valence electrons. The van der Waals surface area contributed by atoms with Gasteiger partial charge in [0.05, 0.1) is 23.3 Å². The van der Waals surface area contributed by atoms with E-state index in [1.165, 1.54) is 0 Å². The summed E-state index contributed by atoms with van der Waals surface area (Å²) in [5.41, 5.74) is -0.433. The van der Waals surface area contributed by atoms with Gasteiger partial charge >= 0.3 is 0 Å². The molecular weight excluding hydrogens is 334 g/mol. The first-order valence-corrected chi connectivity index (χ1v) is 9.43. The number of hydrogen-bond donors (Lipinski definition) is 3. The fourth-order valence-corrected chi connectivity index (χ4v) is 4.09. The maximum absolute atomic E-state index is 12.5. The number of aliphatic hydroxyl groups excluding tert-OH is 1. The Morgan fingerprint density at radius 2 is 2.15 bits per heavy atom. The lowest BCUT2D eigenvalue weighted by atomic mass is 9.74. The average Bonchev–Trinajstić information content (AvgIpc) is 3.13. The van der Waals surface area contributed by atoms with Crippen LogP contribution in [0.1, 0.15) is 56.3 Å². The van der Waals surface area contributed by atoms with Crippen molar-refractivity contribution in [2.24, 2.45) is 0 Å². The number of nitrogens with zero attached hydrogens (tertiary/aromatic N) is 1. The molecule has 2 atom stereocenters. The van der Waals surface area contributed by atoms with Crippen LogP contribution in [0, 0.1) is 0 Å². The number of H-pyrrole nitrogens is 1. The van der Waals surface area contributed by atoms with Crippen LogP contribution in [0.15, 0.2) is 18.5 Å². The molecule has 7 heteroatoms. The highest BCUT2D eigenvalue weighted by Crippen LogP contribution is 2.40. The number of nitrogens with one attached hydrogen (secondary N) is 2. The molecule has 1 aromatic rings. The Bertz CT molecular complexity index is 637. The molecule has 2 amide bonds. The zero-order chi connectivity index (χ0) is 18.8. The van der Waals surface area contributed by atoms with Crippen molar-refractivity contribution < 1.29 is 19.4 Å². The van der Waals surface area contributed by atoms with Crippen LogP contribution in [0.25, 0.3) is 0 Å². The minimum Gasteiger partial charge on any atom is -0.388 e. The molecule has 0 aromatic carbocycles. The van der Waals surface area contributed by atoms with Crippen LogP contribution in [0.2, 0.25) is 0 Å². The normalized spacial score (nSPS) is 28.1. The number of aliphatic hydroxyl groups is 1. The molecule has 26 heavy (non-hydrogen) atoms. The van der Waals surface area contributed by atoms with Crippen molar-refractivity contribution in [1.29, 1.82) is 0 Å². The minimum absolute atomic E-state index is 0.0240. The van der Waals surface area contributed by atoms with E-state index in [4.69, 9.17) is 4.74 Å². The van der Waals surface area contributed by atoms with Gasteiger partial charge < -0.3 is 25.0 Å². The number of carbonyl (C=O) groups is 2. The summed E-state index contributed by atoms with van der Waals surface area (Å²) in [6, 6.07) is 1.78. The van der Waals surface area contributed by atoms with Gasteiger partial charge in [-0.1, -0.05) is 6.92 Å². The van der Waals surface area contributed by atoms with Crippen LogP contribution >= 0.6 is 0 Å². The SMILES string of the molecule is CCCC(=O)N[C@]1(C)CC2(CCN(C(=O)c3cc[nH]c3)CC2)OC[C@H]1O. The van der Waals surface area contributed by atoms with E-state index in [-0.39, 0.29) is 18.4 Å². The van der Waals surface area contributed by atoms with E-state index in [1.807, 2.05) is 18.7 Å². The van der Waals surface area contributed by atoms with E-state index in [0.717, 1.165) is 6.42 Å². The van der Waals surface area contributed by atoms with Crippen molar-refractivity contribution >= 4 is 11.8 Å².